The third kappa shape index (κ3) is 5.88. The van der Waals surface area contributed by atoms with Crippen molar-refractivity contribution in [3.05, 3.63) is 71.3 Å². The lowest BCUT2D eigenvalue weighted by Crippen LogP contribution is -2.43. The largest absolute Gasteiger partial charge is 0.477 e. The molecule has 0 unspecified atom stereocenters. The average molecular weight is 513 g/mol. The van der Waals surface area contributed by atoms with Crippen LogP contribution in [0.4, 0.5) is 19.4 Å². The third-order valence-electron chi connectivity index (χ3n) is 6.32. The Bertz CT molecular complexity index is 1270. The van der Waals surface area contributed by atoms with E-state index in [9.17, 15) is 18.4 Å². The lowest BCUT2D eigenvalue weighted by atomic mass is 9.94. The highest BCUT2D eigenvalue weighted by atomic mass is 19.2. The molecular weight excluding hydrogens is 482 g/mol. The summed E-state index contributed by atoms with van der Waals surface area (Å²) in [5.41, 5.74) is 1.93. The van der Waals surface area contributed by atoms with Crippen LogP contribution in [0, 0.1) is 18.6 Å². The molecule has 196 valence electrons. The number of nitrogens with one attached hydrogen (secondary N) is 3. The van der Waals surface area contributed by atoms with E-state index in [1.165, 1.54) is 6.07 Å². The number of hydrogen-bond donors (Lipinski definition) is 3. The van der Waals surface area contributed by atoms with E-state index in [1.54, 1.807) is 18.7 Å². The minimum Gasteiger partial charge on any atom is -0.477 e. The molecule has 1 aliphatic heterocycles. The van der Waals surface area contributed by atoms with Gasteiger partial charge in [0.1, 0.15) is 5.82 Å². The predicted octanol–water partition coefficient (Wildman–Crippen LogP) is 3.19. The maximum absolute atomic E-state index is 14.0. The molecule has 9 nitrogen and oxygen atoms in total. The number of likely N-dealkylation sites (N-methyl/N-ethyl adjacent to an activating group) is 1. The lowest BCUT2D eigenvalue weighted by molar-refractivity contribution is -0.121. The fourth-order valence-electron chi connectivity index (χ4n) is 4.49. The molecule has 2 atom stereocenters. The lowest BCUT2D eigenvalue weighted by Gasteiger charge is -2.21. The molecule has 11 heteroatoms. The smallest absolute Gasteiger partial charge is 0.320 e. The van der Waals surface area contributed by atoms with Crippen LogP contribution >= 0.6 is 0 Å². The number of halogens is 2. The highest BCUT2D eigenvalue weighted by molar-refractivity contribution is 5.90. The van der Waals surface area contributed by atoms with Gasteiger partial charge < -0.3 is 15.4 Å². The van der Waals surface area contributed by atoms with Gasteiger partial charge in [0.05, 0.1) is 30.4 Å². The summed E-state index contributed by atoms with van der Waals surface area (Å²) in [6, 6.07) is 12.1. The Morgan fingerprint density at radius 3 is 2.54 bits per heavy atom. The van der Waals surface area contributed by atoms with E-state index in [0.29, 0.717) is 42.5 Å². The van der Waals surface area contributed by atoms with Crippen LogP contribution in [-0.2, 0) is 4.79 Å². The van der Waals surface area contributed by atoms with Gasteiger partial charge in [-0.1, -0.05) is 24.3 Å². The van der Waals surface area contributed by atoms with Gasteiger partial charge in [-0.3, -0.25) is 15.0 Å². The van der Waals surface area contributed by atoms with Crippen molar-refractivity contribution in [2.75, 3.05) is 38.6 Å². The van der Waals surface area contributed by atoms with Gasteiger partial charge in [0.25, 0.3) is 0 Å². The third-order valence-corrected chi connectivity index (χ3v) is 6.32. The number of urea groups is 1. The van der Waals surface area contributed by atoms with Crippen LogP contribution in [-0.4, -0.2) is 65.9 Å². The Labute approximate surface area is 213 Å². The quantitative estimate of drug-likeness (QED) is 0.431. The minimum absolute atomic E-state index is 0.119. The van der Waals surface area contributed by atoms with Gasteiger partial charge in [-0.25, -0.2) is 18.3 Å². The summed E-state index contributed by atoms with van der Waals surface area (Å²) in [6.45, 7) is 4.93. The second kappa shape index (κ2) is 11.4. The molecule has 1 aromatic heterocycles. The highest BCUT2D eigenvalue weighted by Crippen LogP contribution is 2.30. The van der Waals surface area contributed by atoms with E-state index in [1.807, 2.05) is 42.2 Å². The van der Waals surface area contributed by atoms with Crippen molar-refractivity contribution >= 4 is 17.8 Å². The minimum atomic E-state index is -0.962. The maximum Gasteiger partial charge on any atom is 0.320 e. The van der Waals surface area contributed by atoms with Crippen molar-refractivity contribution in [2.45, 2.75) is 25.8 Å². The van der Waals surface area contributed by atoms with E-state index < -0.39 is 23.7 Å². The molecule has 37 heavy (non-hydrogen) atoms. The van der Waals surface area contributed by atoms with Gasteiger partial charge in [0.2, 0.25) is 11.8 Å². The van der Waals surface area contributed by atoms with E-state index >= 15 is 0 Å². The van der Waals surface area contributed by atoms with Crippen molar-refractivity contribution in [2.24, 2.45) is 0 Å². The molecule has 3 aromatic rings. The summed E-state index contributed by atoms with van der Waals surface area (Å²) in [4.78, 5) is 27.0. The zero-order chi connectivity index (χ0) is 26.5. The fourth-order valence-corrected chi connectivity index (χ4v) is 4.49. The van der Waals surface area contributed by atoms with Crippen LogP contribution in [0.5, 0.6) is 5.88 Å². The molecule has 0 aliphatic carbocycles. The van der Waals surface area contributed by atoms with Crippen LogP contribution < -0.4 is 20.7 Å². The molecule has 0 saturated carbocycles. The number of carbonyl (C=O) groups excluding carboxylic acids is 2. The molecule has 1 fully saturated rings. The number of hydrogen-bond acceptors (Lipinski definition) is 5. The van der Waals surface area contributed by atoms with E-state index in [2.05, 4.69) is 21.0 Å². The normalized spacial score (nSPS) is 17.4. The maximum atomic E-state index is 14.0. The first-order valence-electron chi connectivity index (χ1n) is 12.0. The SMILES string of the molecule is CCOc1nn(-c2ccccc2)c(NC(=O)N[C@H]2CN(CC(=O)NC)C[C@@H]2c2ccc(F)c(F)c2)c1C. The molecule has 1 saturated heterocycles. The number of nitrogens with zero attached hydrogens (tertiary/aromatic N) is 3. The summed E-state index contributed by atoms with van der Waals surface area (Å²) in [7, 11) is 1.54. The zero-order valence-corrected chi connectivity index (χ0v) is 20.9. The van der Waals surface area contributed by atoms with Gasteiger partial charge in [0.15, 0.2) is 11.6 Å². The first-order valence-corrected chi connectivity index (χ1v) is 12.0. The monoisotopic (exact) mass is 512 g/mol. The number of amides is 3. The van der Waals surface area contributed by atoms with Crippen molar-refractivity contribution < 1.29 is 23.1 Å². The van der Waals surface area contributed by atoms with E-state index in [4.69, 9.17) is 4.74 Å². The summed E-state index contributed by atoms with van der Waals surface area (Å²) in [5, 5.41) is 12.9. The molecule has 3 N–H and O–H groups in total. The van der Waals surface area contributed by atoms with Crippen molar-refractivity contribution in [3.63, 3.8) is 0 Å². The topological polar surface area (TPSA) is 101 Å². The Hall–Kier alpha value is -3.99. The molecular formula is C26H30F2N6O3. The molecule has 3 amide bonds. The first-order chi connectivity index (χ1) is 17.8. The van der Waals surface area contributed by atoms with Crippen LogP contribution in [0.15, 0.2) is 48.5 Å². The van der Waals surface area contributed by atoms with Crippen molar-refractivity contribution in [3.8, 4) is 11.6 Å². The summed E-state index contributed by atoms with van der Waals surface area (Å²) in [5.74, 6) is -1.60. The molecule has 4 rings (SSSR count). The molecule has 2 heterocycles. The fraction of sp³-hybridized carbons (Fsp3) is 0.346. The van der Waals surface area contributed by atoms with Crippen LogP contribution in [0.25, 0.3) is 5.69 Å². The standard InChI is InChI=1S/C26H30F2N6O3/c1-4-37-25-16(2)24(34(32-25)18-8-6-5-7-9-18)31-26(36)30-22-14-33(15-23(35)29-3)13-19(22)17-10-11-20(27)21(28)12-17/h5-12,19,22H,4,13-15H2,1-3H3,(H,29,35)(H2,30,31,36)/t19-,22+/m1/s1. The average Bonchev–Trinajstić information content (AvgIpc) is 3.42. The molecule has 0 radical (unpaired) electrons. The summed E-state index contributed by atoms with van der Waals surface area (Å²) >= 11 is 0. The Morgan fingerprint density at radius 1 is 1.11 bits per heavy atom. The number of likely N-dealkylation sites (tertiary alicyclic amines) is 1. The highest BCUT2D eigenvalue weighted by Gasteiger charge is 2.36. The molecule has 2 aromatic carbocycles. The Balaban J connectivity index is 1.58. The van der Waals surface area contributed by atoms with Crippen LogP contribution in [0.3, 0.4) is 0 Å². The van der Waals surface area contributed by atoms with Gasteiger partial charge in [0, 0.05) is 26.1 Å². The Morgan fingerprint density at radius 2 is 1.86 bits per heavy atom. The summed E-state index contributed by atoms with van der Waals surface area (Å²) < 4.78 is 34.8. The van der Waals surface area contributed by atoms with Crippen LogP contribution in [0.1, 0.15) is 24.0 Å². The molecule has 0 spiro atoms. The Kier molecular flexibility index (Phi) is 8.02. The number of anilines is 1. The number of aromatic nitrogens is 2. The van der Waals surface area contributed by atoms with Gasteiger partial charge in [-0.05, 0) is 43.7 Å². The zero-order valence-electron chi connectivity index (χ0n) is 20.9. The van der Waals surface area contributed by atoms with Crippen molar-refractivity contribution in [1.29, 1.82) is 0 Å². The number of benzene rings is 2. The number of ether oxygens (including phenoxy) is 1. The van der Waals surface area contributed by atoms with Gasteiger partial charge in [-0.15, -0.1) is 5.10 Å². The summed E-state index contributed by atoms with van der Waals surface area (Å²) in [6.07, 6.45) is 0. The molecule has 0 bridgehead atoms. The van der Waals surface area contributed by atoms with E-state index in [0.717, 1.165) is 17.8 Å². The van der Waals surface area contributed by atoms with Crippen LogP contribution in [0.2, 0.25) is 0 Å². The predicted molar refractivity (Wildman–Crippen MR) is 135 cm³/mol. The van der Waals surface area contributed by atoms with Crippen molar-refractivity contribution in [1.82, 2.24) is 25.3 Å². The molecule has 1 aliphatic rings. The van der Waals surface area contributed by atoms with Gasteiger partial charge in [-0.2, -0.15) is 0 Å². The number of rotatable bonds is 8. The van der Waals surface area contributed by atoms with Gasteiger partial charge >= 0.3 is 6.03 Å². The number of para-hydroxylation sites is 1. The second-order valence-electron chi connectivity index (χ2n) is 8.81. The second-order valence-corrected chi connectivity index (χ2v) is 8.81. The van der Waals surface area contributed by atoms with E-state index in [-0.39, 0.29) is 18.4 Å². The number of carbonyl (C=O) groups is 2. The first kappa shape index (κ1) is 26.1.